The molecule has 1 atom stereocenters. The Morgan fingerprint density at radius 1 is 1.33 bits per heavy atom. The van der Waals surface area contributed by atoms with Gasteiger partial charge in [0.25, 0.3) is 0 Å². The van der Waals surface area contributed by atoms with Gasteiger partial charge in [0.1, 0.15) is 6.33 Å². The molecule has 112 valence electrons. The first-order chi connectivity index (χ1) is 10.3. The van der Waals surface area contributed by atoms with Crippen LogP contribution in [0.5, 0.6) is 6.01 Å². The normalized spacial score (nSPS) is 15.9. The Balaban J connectivity index is 1.45. The van der Waals surface area contributed by atoms with Crippen LogP contribution in [0.2, 0.25) is 0 Å². The largest absolute Gasteiger partial charge is 0.459 e. The van der Waals surface area contributed by atoms with Gasteiger partial charge in [0.05, 0.1) is 11.8 Å². The lowest BCUT2D eigenvalue weighted by atomic mass is 10.2. The monoisotopic (exact) mass is 286 g/mol. The van der Waals surface area contributed by atoms with Crippen molar-refractivity contribution in [3.05, 3.63) is 36.7 Å². The standard InChI is InChI=1S/C16H22N4O/c1-13(6-5-11-17-14-9-10-14)21-16-18-12-20(19-16)15-7-3-2-4-8-15/h2-4,7-8,12-14,17H,5-6,9-11H2,1H3. The van der Waals surface area contributed by atoms with Gasteiger partial charge in [-0.2, -0.15) is 4.98 Å². The van der Waals surface area contributed by atoms with Crippen molar-refractivity contribution in [1.82, 2.24) is 20.1 Å². The van der Waals surface area contributed by atoms with Crippen LogP contribution >= 0.6 is 0 Å². The van der Waals surface area contributed by atoms with Crippen LogP contribution in [-0.2, 0) is 0 Å². The summed E-state index contributed by atoms with van der Waals surface area (Å²) in [5.74, 6) is 0. The molecule has 2 aromatic rings. The summed E-state index contributed by atoms with van der Waals surface area (Å²) in [7, 11) is 0. The maximum Gasteiger partial charge on any atom is 0.336 e. The van der Waals surface area contributed by atoms with Crippen LogP contribution in [-0.4, -0.2) is 33.5 Å². The number of nitrogens with zero attached hydrogens (tertiary/aromatic N) is 3. The van der Waals surface area contributed by atoms with Crippen LogP contribution < -0.4 is 10.1 Å². The molecule has 1 heterocycles. The van der Waals surface area contributed by atoms with Crippen molar-refractivity contribution < 1.29 is 4.74 Å². The van der Waals surface area contributed by atoms with Gasteiger partial charge < -0.3 is 10.1 Å². The summed E-state index contributed by atoms with van der Waals surface area (Å²) in [5, 5.41) is 7.87. The fourth-order valence-electron chi connectivity index (χ4n) is 2.23. The number of hydrogen-bond acceptors (Lipinski definition) is 4. The predicted molar refractivity (Wildman–Crippen MR) is 81.7 cm³/mol. The molecule has 5 nitrogen and oxygen atoms in total. The molecule has 0 aliphatic heterocycles. The van der Waals surface area contributed by atoms with Crippen molar-refractivity contribution in [2.24, 2.45) is 0 Å². The highest BCUT2D eigenvalue weighted by Gasteiger charge is 2.19. The minimum Gasteiger partial charge on any atom is -0.459 e. The quantitative estimate of drug-likeness (QED) is 0.758. The van der Waals surface area contributed by atoms with Gasteiger partial charge in [0.15, 0.2) is 0 Å². The third-order valence-electron chi connectivity index (χ3n) is 3.60. The van der Waals surface area contributed by atoms with Crippen LogP contribution in [0.15, 0.2) is 36.7 Å². The fourth-order valence-corrected chi connectivity index (χ4v) is 2.23. The fraction of sp³-hybridized carbons (Fsp3) is 0.500. The second-order valence-corrected chi connectivity index (χ2v) is 5.61. The molecule has 0 spiro atoms. The highest BCUT2D eigenvalue weighted by atomic mass is 16.5. The summed E-state index contributed by atoms with van der Waals surface area (Å²) in [6, 6.07) is 11.2. The van der Waals surface area contributed by atoms with Crippen molar-refractivity contribution >= 4 is 0 Å². The molecule has 3 rings (SSSR count). The van der Waals surface area contributed by atoms with Gasteiger partial charge >= 0.3 is 6.01 Å². The molecular weight excluding hydrogens is 264 g/mol. The van der Waals surface area contributed by atoms with Gasteiger partial charge in [-0.05, 0) is 51.3 Å². The third-order valence-corrected chi connectivity index (χ3v) is 3.60. The minimum atomic E-state index is 0.137. The van der Waals surface area contributed by atoms with E-state index in [2.05, 4.69) is 22.3 Å². The van der Waals surface area contributed by atoms with Crippen LogP contribution in [0.4, 0.5) is 0 Å². The summed E-state index contributed by atoms with van der Waals surface area (Å²) >= 11 is 0. The zero-order valence-electron chi connectivity index (χ0n) is 12.4. The molecule has 0 amide bonds. The van der Waals surface area contributed by atoms with Crippen molar-refractivity contribution in [3.63, 3.8) is 0 Å². The minimum absolute atomic E-state index is 0.137. The summed E-state index contributed by atoms with van der Waals surface area (Å²) in [6.07, 6.45) is 6.64. The van der Waals surface area contributed by atoms with Crippen LogP contribution in [0.3, 0.4) is 0 Å². The zero-order chi connectivity index (χ0) is 14.5. The van der Waals surface area contributed by atoms with Crippen molar-refractivity contribution in [2.45, 2.75) is 44.8 Å². The maximum absolute atomic E-state index is 5.77. The average Bonchev–Trinajstić information content (AvgIpc) is 3.22. The molecule has 1 fully saturated rings. The lowest BCUT2D eigenvalue weighted by molar-refractivity contribution is 0.190. The topological polar surface area (TPSA) is 52.0 Å². The van der Waals surface area contributed by atoms with E-state index in [-0.39, 0.29) is 6.10 Å². The molecule has 5 heteroatoms. The summed E-state index contributed by atoms with van der Waals surface area (Å²) in [5.41, 5.74) is 0.987. The van der Waals surface area contributed by atoms with E-state index in [0.717, 1.165) is 31.1 Å². The first-order valence-electron chi connectivity index (χ1n) is 7.68. The Morgan fingerprint density at radius 3 is 2.90 bits per heavy atom. The van der Waals surface area contributed by atoms with Gasteiger partial charge in [0.2, 0.25) is 0 Å². The molecule has 1 aliphatic rings. The van der Waals surface area contributed by atoms with E-state index in [0.29, 0.717) is 6.01 Å². The molecule has 0 radical (unpaired) electrons. The summed E-state index contributed by atoms with van der Waals surface area (Å²) in [6.45, 7) is 3.14. The van der Waals surface area contributed by atoms with Crippen molar-refractivity contribution in [3.8, 4) is 11.7 Å². The van der Waals surface area contributed by atoms with Crippen LogP contribution in [0, 0.1) is 0 Å². The number of para-hydroxylation sites is 1. The summed E-state index contributed by atoms with van der Waals surface area (Å²) < 4.78 is 7.50. The van der Waals surface area contributed by atoms with E-state index < -0.39 is 0 Å². The number of hydrogen-bond donors (Lipinski definition) is 1. The molecule has 21 heavy (non-hydrogen) atoms. The van der Waals surface area contributed by atoms with Gasteiger partial charge in [-0.1, -0.05) is 18.2 Å². The Kier molecular flexibility index (Phi) is 4.50. The Hall–Kier alpha value is -1.88. The van der Waals surface area contributed by atoms with Crippen molar-refractivity contribution in [2.75, 3.05) is 6.54 Å². The van der Waals surface area contributed by atoms with Gasteiger partial charge in [0, 0.05) is 6.04 Å². The second kappa shape index (κ2) is 6.72. The Labute approximate surface area is 125 Å². The highest BCUT2D eigenvalue weighted by molar-refractivity contribution is 5.29. The number of rotatable bonds is 8. The predicted octanol–water partition coefficient (Wildman–Crippen LogP) is 2.57. The average molecular weight is 286 g/mol. The van der Waals surface area contributed by atoms with E-state index in [4.69, 9.17) is 4.74 Å². The first kappa shape index (κ1) is 14.1. The van der Waals surface area contributed by atoms with Crippen molar-refractivity contribution in [1.29, 1.82) is 0 Å². The lowest BCUT2D eigenvalue weighted by Gasteiger charge is -2.11. The highest BCUT2D eigenvalue weighted by Crippen LogP contribution is 2.18. The molecule has 0 bridgehead atoms. The van der Waals surface area contributed by atoms with Gasteiger partial charge in [-0.15, -0.1) is 5.10 Å². The van der Waals surface area contributed by atoms with Gasteiger partial charge in [-0.3, -0.25) is 0 Å². The first-order valence-corrected chi connectivity index (χ1v) is 7.68. The van der Waals surface area contributed by atoms with E-state index in [1.165, 1.54) is 12.8 Å². The van der Waals surface area contributed by atoms with E-state index >= 15 is 0 Å². The maximum atomic E-state index is 5.77. The molecule has 1 aromatic carbocycles. The number of benzene rings is 1. The molecule has 1 saturated carbocycles. The molecule has 1 unspecified atom stereocenters. The van der Waals surface area contributed by atoms with Crippen LogP contribution in [0.25, 0.3) is 5.69 Å². The number of ether oxygens (including phenoxy) is 1. The Bertz CT molecular complexity index is 550. The molecule has 0 saturated heterocycles. The molecule has 1 aliphatic carbocycles. The van der Waals surface area contributed by atoms with E-state index in [1.54, 1.807) is 11.0 Å². The number of nitrogens with one attached hydrogen (secondary N) is 1. The van der Waals surface area contributed by atoms with Gasteiger partial charge in [-0.25, -0.2) is 4.68 Å². The summed E-state index contributed by atoms with van der Waals surface area (Å²) in [4.78, 5) is 4.21. The molecule has 1 N–H and O–H groups in total. The smallest absolute Gasteiger partial charge is 0.336 e. The van der Waals surface area contributed by atoms with E-state index in [1.807, 2.05) is 30.3 Å². The zero-order valence-corrected chi connectivity index (χ0v) is 12.4. The van der Waals surface area contributed by atoms with Crippen LogP contribution in [0.1, 0.15) is 32.6 Å². The van der Waals surface area contributed by atoms with E-state index in [9.17, 15) is 0 Å². The lowest BCUT2D eigenvalue weighted by Crippen LogP contribution is -2.20. The third kappa shape index (κ3) is 4.29. The molecular formula is C16H22N4O. The molecule has 1 aromatic heterocycles. The number of aromatic nitrogens is 3. The Morgan fingerprint density at radius 2 is 2.14 bits per heavy atom. The second-order valence-electron chi connectivity index (χ2n) is 5.61. The SMILES string of the molecule is CC(CCCNC1CC1)Oc1ncn(-c2ccccc2)n1.